The SMILES string of the molecule is CC(OCc1ccccc1)C(=O)Nc1ccc(-c2cn3c(n2)CCCC3)cc1. The number of hydrogen-bond donors (Lipinski definition) is 1. The van der Waals surface area contributed by atoms with E-state index in [0.29, 0.717) is 6.61 Å². The molecule has 0 spiro atoms. The van der Waals surface area contributed by atoms with Gasteiger partial charge in [0.05, 0.1) is 12.3 Å². The zero-order valence-corrected chi connectivity index (χ0v) is 16.1. The minimum absolute atomic E-state index is 0.152. The third kappa shape index (κ3) is 4.31. The lowest BCUT2D eigenvalue weighted by atomic mass is 10.1. The predicted octanol–water partition coefficient (Wildman–Crippen LogP) is 4.43. The number of imidazole rings is 1. The molecule has 1 N–H and O–H groups in total. The fourth-order valence-electron chi connectivity index (χ4n) is 3.39. The van der Waals surface area contributed by atoms with Crippen molar-refractivity contribution in [2.45, 2.75) is 45.4 Å². The summed E-state index contributed by atoms with van der Waals surface area (Å²) in [6.07, 6.45) is 5.08. The Bertz CT molecular complexity index is 909. The molecule has 0 aliphatic carbocycles. The maximum Gasteiger partial charge on any atom is 0.253 e. The molecule has 0 bridgehead atoms. The fourth-order valence-corrected chi connectivity index (χ4v) is 3.39. The zero-order chi connectivity index (χ0) is 19.3. The average Bonchev–Trinajstić information content (AvgIpc) is 3.17. The summed E-state index contributed by atoms with van der Waals surface area (Å²) in [6.45, 7) is 3.24. The number of fused-ring (bicyclic) bond motifs is 1. The first kappa shape index (κ1) is 18.4. The van der Waals surface area contributed by atoms with Gasteiger partial charge in [0.2, 0.25) is 0 Å². The molecule has 0 radical (unpaired) electrons. The highest BCUT2D eigenvalue weighted by Gasteiger charge is 2.15. The summed E-state index contributed by atoms with van der Waals surface area (Å²) in [6, 6.07) is 17.7. The van der Waals surface area contributed by atoms with Gasteiger partial charge in [-0.15, -0.1) is 0 Å². The predicted molar refractivity (Wildman–Crippen MR) is 110 cm³/mol. The molecule has 1 atom stereocenters. The van der Waals surface area contributed by atoms with Gasteiger partial charge in [-0.3, -0.25) is 4.79 Å². The molecule has 1 amide bonds. The number of amides is 1. The number of aryl methyl sites for hydroxylation is 2. The molecule has 3 aromatic rings. The normalized spacial score (nSPS) is 14.3. The molecule has 0 saturated heterocycles. The molecule has 144 valence electrons. The van der Waals surface area contributed by atoms with Crippen molar-refractivity contribution < 1.29 is 9.53 Å². The smallest absolute Gasteiger partial charge is 0.253 e. The van der Waals surface area contributed by atoms with Crippen molar-refractivity contribution in [1.29, 1.82) is 0 Å². The quantitative estimate of drug-likeness (QED) is 0.693. The Labute approximate surface area is 165 Å². The number of carbonyl (C=O) groups excluding carboxylic acids is 1. The second kappa shape index (κ2) is 8.40. The van der Waals surface area contributed by atoms with E-state index in [1.807, 2.05) is 54.6 Å². The molecule has 2 heterocycles. The molecule has 4 rings (SSSR count). The van der Waals surface area contributed by atoms with Crippen LogP contribution in [0, 0.1) is 0 Å². The van der Waals surface area contributed by atoms with Crippen LogP contribution in [0.3, 0.4) is 0 Å². The van der Waals surface area contributed by atoms with Gasteiger partial charge in [-0.2, -0.15) is 0 Å². The molecule has 5 heteroatoms. The van der Waals surface area contributed by atoms with E-state index < -0.39 is 6.10 Å². The molecule has 1 aliphatic rings. The summed E-state index contributed by atoms with van der Waals surface area (Å²) >= 11 is 0. The van der Waals surface area contributed by atoms with Gasteiger partial charge in [-0.25, -0.2) is 4.98 Å². The van der Waals surface area contributed by atoms with E-state index in [1.165, 1.54) is 18.7 Å². The van der Waals surface area contributed by atoms with Gasteiger partial charge in [0, 0.05) is 30.4 Å². The number of benzene rings is 2. The number of hydrogen-bond acceptors (Lipinski definition) is 3. The maximum atomic E-state index is 12.4. The fraction of sp³-hybridized carbons (Fsp3) is 0.304. The number of anilines is 1. The van der Waals surface area contributed by atoms with Crippen molar-refractivity contribution in [3.8, 4) is 11.3 Å². The molecule has 1 unspecified atom stereocenters. The topological polar surface area (TPSA) is 56.1 Å². The lowest BCUT2D eigenvalue weighted by Crippen LogP contribution is -2.27. The van der Waals surface area contributed by atoms with Crippen molar-refractivity contribution in [2.75, 3.05) is 5.32 Å². The van der Waals surface area contributed by atoms with Crippen molar-refractivity contribution >= 4 is 11.6 Å². The van der Waals surface area contributed by atoms with E-state index >= 15 is 0 Å². The standard InChI is InChI=1S/C23H25N3O2/c1-17(28-16-18-7-3-2-4-8-18)23(27)24-20-12-10-19(11-13-20)21-15-26-14-6-5-9-22(26)25-21/h2-4,7-8,10-13,15,17H,5-6,9,14,16H2,1H3,(H,24,27). The summed E-state index contributed by atoms with van der Waals surface area (Å²) < 4.78 is 7.93. The minimum atomic E-state index is -0.528. The highest BCUT2D eigenvalue weighted by atomic mass is 16.5. The van der Waals surface area contributed by atoms with Crippen LogP contribution in [0.25, 0.3) is 11.3 Å². The summed E-state index contributed by atoms with van der Waals surface area (Å²) in [5.41, 5.74) is 3.87. The molecule has 5 nitrogen and oxygen atoms in total. The van der Waals surface area contributed by atoms with Gasteiger partial charge in [0.1, 0.15) is 11.9 Å². The van der Waals surface area contributed by atoms with Crippen molar-refractivity contribution in [3.63, 3.8) is 0 Å². The number of carbonyl (C=O) groups is 1. The van der Waals surface area contributed by atoms with E-state index in [9.17, 15) is 4.79 Å². The summed E-state index contributed by atoms with van der Waals surface area (Å²) in [4.78, 5) is 17.1. The Morgan fingerprint density at radius 2 is 1.93 bits per heavy atom. The van der Waals surface area contributed by atoms with E-state index in [0.717, 1.165) is 35.5 Å². The molecule has 0 saturated carbocycles. The zero-order valence-electron chi connectivity index (χ0n) is 16.1. The molecule has 0 fully saturated rings. The van der Waals surface area contributed by atoms with Crippen LogP contribution in [0.5, 0.6) is 0 Å². The first-order valence-corrected chi connectivity index (χ1v) is 9.82. The van der Waals surface area contributed by atoms with Crippen LogP contribution < -0.4 is 5.32 Å². The molecule has 28 heavy (non-hydrogen) atoms. The third-order valence-electron chi connectivity index (χ3n) is 5.07. The molecule has 2 aromatic carbocycles. The van der Waals surface area contributed by atoms with E-state index in [2.05, 4.69) is 16.1 Å². The minimum Gasteiger partial charge on any atom is -0.364 e. The first-order valence-electron chi connectivity index (χ1n) is 9.82. The molecular formula is C23H25N3O2. The second-order valence-electron chi connectivity index (χ2n) is 7.20. The van der Waals surface area contributed by atoms with E-state index in [4.69, 9.17) is 9.72 Å². The van der Waals surface area contributed by atoms with Crippen LogP contribution in [0.2, 0.25) is 0 Å². The van der Waals surface area contributed by atoms with Crippen LogP contribution in [-0.2, 0) is 29.1 Å². The van der Waals surface area contributed by atoms with Crippen molar-refractivity contribution in [3.05, 3.63) is 72.2 Å². The van der Waals surface area contributed by atoms with Crippen molar-refractivity contribution in [2.24, 2.45) is 0 Å². The van der Waals surface area contributed by atoms with Crippen LogP contribution in [0.1, 0.15) is 31.2 Å². The first-order chi connectivity index (χ1) is 13.7. The lowest BCUT2D eigenvalue weighted by molar-refractivity contribution is -0.127. The Balaban J connectivity index is 1.34. The summed E-state index contributed by atoms with van der Waals surface area (Å²) in [7, 11) is 0. The number of rotatable bonds is 6. The largest absolute Gasteiger partial charge is 0.364 e. The van der Waals surface area contributed by atoms with Gasteiger partial charge < -0.3 is 14.6 Å². The Hall–Kier alpha value is -2.92. The van der Waals surface area contributed by atoms with Crippen LogP contribution in [0.15, 0.2) is 60.8 Å². The van der Waals surface area contributed by atoms with Crippen LogP contribution in [0.4, 0.5) is 5.69 Å². The monoisotopic (exact) mass is 375 g/mol. The Morgan fingerprint density at radius 3 is 2.68 bits per heavy atom. The maximum absolute atomic E-state index is 12.4. The van der Waals surface area contributed by atoms with E-state index in [1.54, 1.807) is 6.92 Å². The number of aromatic nitrogens is 2. The average molecular weight is 375 g/mol. The highest BCUT2D eigenvalue weighted by molar-refractivity contribution is 5.94. The van der Waals surface area contributed by atoms with Gasteiger partial charge >= 0.3 is 0 Å². The van der Waals surface area contributed by atoms with Crippen LogP contribution >= 0.6 is 0 Å². The Morgan fingerprint density at radius 1 is 1.14 bits per heavy atom. The van der Waals surface area contributed by atoms with Gasteiger partial charge in [0.25, 0.3) is 5.91 Å². The number of ether oxygens (including phenoxy) is 1. The van der Waals surface area contributed by atoms with Gasteiger partial charge in [-0.05, 0) is 37.5 Å². The van der Waals surface area contributed by atoms with E-state index in [-0.39, 0.29) is 5.91 Å². The Kier molecular flexibility index (Phi) is 5.53. The number of nitrogens with one attached hydrogen (secondary N) is 1. The molecular weight excluding hydrogens is 350 g/mol. The lowest BCUT2D eigenvalue weighted by Gasteiger charge is -2.13. The summed E-state index contributed by atoms with van der Waals surface area (Å²) in [5.74, 6) is 1.02. The van der Waals surface area contributed by atoms with Crippen LogP contribution in [-0.4, -0.2) is 21.6 Å². The molecule has 1 aromatic heterocycles. The highest BCUT2D eigenvalue weighted by Crippen LogP contribution is 2.24. The third-order valence-corrected chi connectivity index (χ3v) is 5.07. The van der Waals surface area contributed by atoms with Gasteiger partial charge in [0.15, 0.2) is 0 Å². The van der Waals surface area contributed by atoms with Gasteiger partial charge in [-0.1, -0.05) is 42.5 Å². The molecule has 1 aliphatic heterocycles. The van der Waals surface area contributed by atoms with Crippen molar-refractivity contribution in [1.82, 2.24) is 9.55 Å². The second-order valence-corrected chi connectivity index (χ2v) is 7.20. The number of nitrogens with zero attached hydrogens (tertiary/aromatic N) is 2. The summed E-state index contributed by atoms with van der Waals surface area (Å²) in [5, 5.41) is 2.92.